The average Bonchev–Trinajstić information content (AvgIpc) is 2.88. The smallest absolute Gasteiger partial charge is 0.0446 e. The second-order valence-electron chi connectivity index (χ2n) is 8.34. The van der Waals surface area contributed by atoms with Gasteiger partial charge in [-0.1, -0.05) is 128 Å². The fraction of sp³-hybridized carbons (Fsp3) is 0.0909. The Morgan fingerprint density at radius 3 is 1.68 bits per heavy atom. The van der Waals surface area contributed by atoms with Crippen molar-refractivity contribution in [2.45, 2.75) is 20.3 Å². The van der Waals surface area contributed by atoms with Gasteiger partial charge in [0.05, 0.1) is 0 Å². The van der Waals surface area contributed by atoms with Crippen LogP contribution < -0.4 is 5.32 Å². The van der Waals surface area contributed by atoms with E-state index >= 15 is 0 Å². The normalized spacial score (nSPS) is 11.6. The van der Waals surface area contributed by atoms with Crippen LogP contribution >= 0.6 is 0 Å². The van der Waals surface area contributed by atoms with E-state index in [1.807, 2.05) is 6.07 Å². The third-order valence-corrected chi connectivity index (χ3v) is 5.81. The molecular formula is C33H31N. The molecule has 0 unspecified atom stereocenters. The predicted octanol–water partition coefficient (Wildman–Crippen LogP) is 9.20. The van der Waals surface area contributed by atoms with Crippen molar-refractivity contribution in [1.29, 1.82) is 0 Å². The van der Waals surface area contributed by atoms with Crippen LogP contribution in [-0.2, 0) is 6.42 Å². The first-order valence-corrected chi connectivity index (χ1v) is 11.8. The number of hydrogen-bond acceptors (Lipinski definition) is 1. The summed E-state index contributed by atoms with van der Waals surface area (Å²) < 4.78 is 0. The molecule has 0 aliphatic carbocycles. The molecule has 4 aromatic rings. The number of para-hydroxylation sites is 1. The molecule has 0 aliphatic heterocycles. The molecule has 0 spiro atoms. The highest BCUT2D eigenvalue weighted by Crippen LogP contribution is 2.26. The van der Waals surface area contributed by atoms with E-state index in [1.165, 1.54) is 39.1 Å². The molecule has 0 heterocycles. The summed E-state index contributed by atoms with van der Waals surface area (Å²) in [7, 11) is 0. The highest BCUT2D eigenvalue weighted by Gasteiger charge is 2.04. The molecule has 0 amide bonds. The lowest BCUT2D eigenvalue weighted by atomic mass is 10.1. The Morgan fingerprint density at radius 1 is 0.559 bits per heavy atom. The zero-order valence-corrected chi connectivity index (χ0v) is 19.9. The molecule has 34 heavy (non-hydrogen) atoms. The summed E-state index contributed by atoms with van der Waals surface area (Å²) in [5, 5.41) is 3.59. The Labute approximate surface area is 203 Å². The van der Waals surface area contributed by atoms with Gasteiger partial charge >= 0.3 is 0 Å². The minimum atomic E-state index is 1.02. The number of benzene rings is 4. The summed E-state index contributed by atoms with van der Waals surface area (Å²) in [6, 6.07) is 34.0. The molecule has 4 rings (SSSR count). The second-order valence-corrected chi connectivity index (χ2v) is 8.34. The summed E-state index contributed by atoms with van der Waals surface area (Å²) >= 11 is 0. The fourth-order valence-corrected chi connectivity index (χ4v) is 3.83. The van der Waals surface area contributed by atoms with E-state index in [4.69, 9.17) is 0 Å². The number of nitrogens with one attached hydrogen (secondary N) is 1. The van der Waals surface area contributed by atoms with Crippen LogP contribution in [0.3, 0.4) is 0 Å². The highest BCUT2D eigenvalue weighted by molar-refractivity contribution is 5.73. The lowest BCUT2D eigenvalue weighted by Crippen LogP contribution is -1.97. The number of hydrogen-bond donors (Lipinski definition) is 1. The molecule has 0 aromatic heterocycles. The van der Waals surface area contributed by atoms with Gasteiger partial charge in [0, 0.05) is 11.4 Å². The van der Waals surface area contributed by atoms with E-state index < -0.39 is 0 Å². The molecular weight excluding hydrogens is 410 g/mol. The first kappa shape index (κ1) is 23.1. The lowest BCUT2D eigenvalue weighted by Gasteiger charge is -2.14. The van der Waals surface area contributed by atoms with Crippen molar-refractivity contribution in [3.8, 4) is 0 Å². The van der Waals surface area contributed by atoms with Crippen LogP contribution in [0.4, 0.5) is 11.4 Å². The molecule has 168 valence electrons. The van der Waals surface area contributed by atoms with Gasteiger partial charge in [-0.25, -0.2) is 0 Å². The van der Waals surface area contributed by atoms with E-state index in [2.05, 4.69) is 147 Å². The Bertz CT molecular complexity index is 1270. The topological polar surface area (TPSA) is 12.0 Å². The first-order valence-electron chi connectivity index (χ1n) is 11.8. The van der Waals surface area contributed by atoms with Crippen molar-refractivity contribution in [3.63, 3.8) is 0 Å². The quantitative estimate of drug-likeness (QED) is 0.212. The summed E-state index contributed by atoms with van der Waals surface area (Å²) in [4.78, 5) is 0. The van der Waals surface area contributed by atoms with Crippen LogP contribution in [0.5, 0.6) is 0 Å². The molecule has 0 bridgehead atoms. The third-order valence-electron chi connectivity index (χ3n) is 5.81. The number of aryl methyl sites for hydroxylation is 2. The zero-order chi connectivity index (χ0) is 23.6. The highest BCUT2D eigenvalue weighted by atomic mass is 14.9. The van der Waals surface area contributed by atoms with Crippen molar-refractivity contribution in [2.75, 3.05) is 5.32 Å². The summed E-state index contributed by atoms with van der Waals surface area (Å²) in [6.45, 7) is 4.35. The van der Waals surface area contributed by atoms with Crippen molar-refractivity contribution in [2.24, 2.45) is 0 Å². The van der Waals surface area contributed by atoms with Crippen molar-refractivity contribution < 1.29 is 0 Å². The van der Waals surface area contributed by atoms with E-state index in [1.54, 1.807) is 0 Å². The van der Waals surface area contributed by atoms with Gasteiger partial charge in [-0.05, 0) is 58.9 Å². The minimum Gasteiger partial charge on any atom is -0.355 e. The molecule has 0 aliphatic rings. The largest absolute Gasteiger partial charge is 0.355 e. The van der Waals surface area contributed by atoms with Crippen LogP contribution in [0.25, 0.3) is 24.3 Å². The van der Waals surface area contributed by atoms with Gasteiger partial charge in [-0.15, -0.1) is 0 Å². The van der Waals surface area contributed by atoms with Crippen molar-refractivity contribution >= 4 is 35.7 Å². The Kier molecular flexibility index (Phi) is 7.92. The molecule has 1 nitrogen and oxygen atoms in total. The SMILES string of the molecule is CCc1cccc(C)c1Nc1ccc(/C=C/c2ccc(/C=C/C=C/c3ccccc3)cc2)cc1. The maximum atomic E-state index is 3.59. The van der Waals surface area contributed by atoms with E-state index in [0.29, 0.717) is 0 Å². The molecule has 1 N–H and O–H groups in total. The molecule has 0 saturated heterocycles. The maximum absolute atomic E-state index is 3.59. The van der Waals surface area contributed by atoms with Crippen molar-refractivity contribution in [3.05, 3.63) is 143 Å². The lowest BCUT2D eigenvalue weighted by molar-refractivity contribution is 1.13. The first-order chi connectivity index (χ1) is 16.7. The van der Waals surface area contributed by atoms with Gasteiger partial charge in [0.2, 0.25) is 0 Å². The second kappa shape index (κ2) is 11.7. The predicted molar refractivity (Wildman–Crippen MR) is 150 cm³/mol. The summed E-state index contributed by atoms with van der Waals surface area (Å²) in [6.07, 6.45) is 13.7. The Balaban J connectivity index is 1.35. The number of anilines is 2. The van der Waals surface area contributed by atoms with Gasteiger partial charge in [0.25, 0.3) is 0 Å². The van der Waals surface area contributed by atoms with Crippen LogP contribution in [0.15, 0.2) is 109 Å². The minimum absolute atomic E-state index is 1.02. The fourth-order valence-electron chi connectivity index (χ4n) is 3.83. The molecule has 1 heteroatoms. The zero-order valence-electron chi connectivity index (χ0n) is 19.9. The molecule has 4 aromatic carbocycles. The summed E-state index contributed by atoms with van der Waals surface area (Å²) in [5.74, 6) is 0. The average molecular weight is 442 g/mol. The Hall–Kier alpha value is -4.10. The van der Waals surface area contributed by atoms with Crippen LogP contribution in [0.2, 0.25) is 0 Å². The van der Waals surface area contributed by atoms with E-state index in [0.717, 1.165) is 12.1 Å². The van der Waals surface area contributed by atoms with E-state index in [-0.39, 0.29) is 0 Å². The van der Waals surface area contributed by atoms with Gasteiger partial charge in [0.15, 0.2) is 0 Å². The summed E-state index contributed by atoms with van der Waals surface area (Å²) in [5.41, 5.74) is 9.71. The van der Waals surface area contributed by atoms with Crippen LogP contribution in [0, 0.1) is 6.92 Å². The third kappa shape index (κ3) is 6.46. The number of rotatable bonds is 8. The Morgan fingerprint density at radius 2 is 1.09 bits per heavy atom. The van der Waals surface area contributed by atoms with Crippen LogP contribution in [0.1, 0.15) is 40.3 Å². The monoisotopic (exact) mass is 441 g/mol. The van der Waals surface area contributed by atoms with Gasteiger partial charge in [0.1, 0.15) is 0 Å². The molecule has 0 atom stereocenters. The van der Waals surface area contributed by atoms with E-state index in [9.17, 15) is 0 Å². The van der Waals surface area contributed by atoms with Gasteiger partial charge in [-0.2, -0.15) is 0 Å². The van der Waals surface area contributed by atoms with Crippen molar-refractivity contribution in [1.82, 2.24) is 0 Å². The molecule has 0 saturated carbocycles. The van der Waals surface area contributed by atoms with Gasteiger partial charge < -0.3 is 5.32 Å². The van der Waals surface area contributed by atoms with Gasteiger partial charge in [-0.3, -0.25) is 0 Å². The molecule has 0 radical (unpaired) electrons. The van der Waals surface area contributed by atoms with Crippen LogP contribution in [-0.4, -0.2) is 0 Å². The maximum Gasteiger partial charge on any atom is 0.0446 e. The number of allylic oxidation sites excluding steroid dienone is 2. The molecule has 0 fully saturated rings. The standard InChI is InChI=1S/C33H31N/c1-3-31-15-9-10-26(2)33(31)34-32-24-22-30(23-25-32)21-20-29-18-16-28(17-19-29)14-8-7-13-27-11-5-4-6-12-27/h4-25,34H,3H2,1-2H3/b13-7+,14-8+,21-20+.